The Morgan fingerprint density at radius 2 is 2.00 bits per heavy atom. The maximum Gasteiger partial charge on any atom is 0.328 e. The highest BCUT2D eigenvalue weighted by Crippen LogP contribution is 2.37. The summed E-state index contributed by atoms with van der Waals surface area (Å²) in [5.41, 5.74) is 1.67. The second-order valence-corrected chi connectivity index (χ2v) is 8.24. The summed E-state index contributed by atoms with van der Waals surface area (Å²) in [6, 6.07) is 7.17. The highest BCUT2D eigenvalue weighted by atomic mass is 79.9. The van der Waals surface area contributed by atoms with E-state index in [0.717, 1.165) is 33.3 Å². The van der Waals surface area contributed by atoms with Gasteiger partial charge in [-0.2, -0.15) is 0 Å². The van der Waals surface area contributed by atoms with Gasteiger partial charge < -0.3 is 4.74 Å². The Hall–Kier alpha value is -1.99. The van der Waals surface area contributed by atoms with Crippen molar-refractivity contribution in [1.29, 1.82) is 0 Å². The van der Waals surface area contributed by atoms with E-state index in [1.54, 1.807) is 6.92 Å². The third-order valence-corrected chi connectivity index (χ3v) is 6.14. The maximum absolute atomic E-state index is 13.3. The Kier molecular flexibility index (Phi) is 6.11. The second kappa shape index (κ2) is 8.35. The first-order chi connectivity index (χ1) is 13.0. The zero-order valence-electron chi connectivity index (χ0n) is 15.5. The van der Waals surface area contributed by atoms with Crippen LogP contribution in [0.4, 0.5) is 0 Å². The van der Waals surface area contributed by atoms with Crippen LogP contribution in [0.25, 0.3) is 21.3 Å². The lowest BCUT2D eigenvalue weighted by molar-refractivity contribution is -0.147. The quantitative estimate of drug-likeness (QED) is 0.499. The third-order valence-electron chi connectivity index (χ3n) is 4.37. The lowest BCUT2D eigenvalue weighted by Gasteiger charge is -2.14. The van der Waals surface area contributed by atoms with E-state index < -0.39 is 12.0 Å². The van der Waals surface area contributed by atoms with Gasteiger partial charge in [0.25, 0.3) is 5.56 Å². The number of carbonyl (C=O) groups is 1. The van der Waals surface area contributed by atoms with E-state index in [-0.39, 0.29) is 5.56 Å². The Labute approximate surface area is 170 Å². The molecule has 0 fully saturated rings. The number of aromatic nitrogens is 2. The molecule has 0 aliphatic rings. The molecule has 2 heterocycles. The molecule has 0 aliphatic carbocycles. The average molecular weight is 449 g/mol. The number of hydrogen-bond acceptors (Lipinski definition) is 5. The minimum atomic E-state index is -0.719. The summed E-state index contributed by atoms with van der Waals surface area (Å²) in [6.45, 7) is 6.01. The van der Waals surface area contributed by atoms with Crippen molar-refractivity contribution in [1.82, 2.24) is 9.55 Å². The molecule has 0 radical (unpaired) electrons. The van der Waals surface area contributed by atoms with E-state index in [9.17, 15) is 9.59 Å². The monoisotopic (exact) mass is 448 g/mol. The molecule has 3 aromatic rings. The fourth-order valence-corrected chi connectivity index (χ4v) is 4.29. The molecule has 1 atom stereocenters. The first-order valence-electron chi connectivity index (χ1n) is 8.93. The smallest absolute Gasteiger partial charge is 0.328 e. The van der Waals surface area contributed by atoms with Crippen LogP contribution in [0.15, 0.2) is 39.9 Å². The predicted octanol–water partition coefficient (Wildman–Crippen LogP) is 4.96. The van der Waals surface area contributed by atoms with Crippen LogP contribution in [-0.2, 0) is 16.0 Å². The lowest BCUT2D eigenvalue weighted by Crippen LogP contribution is -2.29. The van der Waals surface area contributed by atoms with Gasteiger partial charge in [-0.1, -0.05) is 41.9 Å². The summed E-state index contributed by atoms with van der Waals surface area (Å²) in [4.78, 5) is 31.7. The van der Waals surface area contributed by atoms with Gasteiger partial charge in [0.15, 0.2) is 0 Å². The van der Waals surface area contributed by atoms with Crippen LogP contribution in [0.5, 0.6) is 0 Å². The van der Waals surface area contributed by atoms with Crippen molar-refractivity contribution in [3.8, 4) is 11.1 Å². The number of rotatable bonds is 6. The average Bonchev–Trinajstić information content (AvgIpc) is 3.06. The highest BCUT2D eigenvalue weighted by Gasteiger charge is 2.23. The number of ether oxygens (including phenoxy) is 1. The number of esters is 1. The Bertz CT molecular complexity index is 1020. The number of carbonyl (C=O) groups excluding carboxylic acids is 1. The Morgan fingerprint density at radius 1 is 1.30 bits per heavy atom. The lowest BCUT2D eigenvalue weighted by atomic mass is 10.0. The number of hydrogen-bond donors (Lipinski definition) is 0. The number of thiophene rings is 1. The normalized spacial score (nSPS) is 12.3. The van der Waals surface area contributed by atoms with Gasteiger partial charge >= 0.3 is 5.97 Å². The fraction of sp³-hybridized carbons (Fsp3) is 0.350. The molecular formula is C20H21BrN2O3S. The molecular weight excluding hydrogens is 428 g/mol. The molecule has 7 heteroatoms. The predicted molar refractivity (Wildman–Crippen MR) is 112 cm³/mol. The topological polar surface area (TPSA) is 61.2 Å². The summed E-state index contributed by atoms with van der Waals surface area (Å²) in [5.74, 6) is -0.420. The van der Waals surface area contributed by atoms with Crippen LogP contribution < -0.4 is 5.56 Å². The zero-order chi connectivity index (χ0) is 19.6. The minimum absolute atomic E-state index is 0.213. The summed E-state index contributed by atoms with van der Waals surface area (Å²) < 4.78 is 7.55. The molecule has 1 unspecified atom stereocenters. The van der Waals surface area contributed by atoms with Crippen LogP contribution in [0.3, 0.4) is 0 Å². The number of aryl methyl sites for hydroxylation is 1. The van der Waals surface area contributed by atoms with Gasteiger partial charge in [-0.25, -0.2) is 9.78 Å². The van der Waals surface area contributed by atoms with E-state index >= 15 is 0 Å². The SMILES string of the molecule is CCCOC(=O)C(C)n1cnc2sc(CC)c(-c3ccc(Br)cc3)c2c1=O. The van der Waals surface area contributed by atoms with E-state index in [4.69, 9.17) is 4.74 Å². The largest absolute Gasteiger partial charge is 0.464 e. The maximum atomic E-state index is 13.3. The second-order valence-electron chi connectivity index (χ2n) is 6.24. The van der Waals surface area contributed by atoms with Crippen molar-refractivity contribution in [2.45, 2.75) is 39.7 Å². The summed E-state index contributed by atoms with van der Waals surface area (Å²) in [6.07, 6.45) is 2.99. The van der Waals surface area contributed by atoms with Crippen molar-refractivity contribution < 1.29 is 9.53 Å². The molecule has 0 amide bonds. The molecule has 0 bridgehead atoms. The molecule has 0 N–H and O–H groups in total. The highest BCUT2D eigenvalue weighted by molar-refractivity contribution is 9.10. The van der Waals surface area contributed by atoms with Crippen LogP contribution in [0.1, 0.15) is 38.1 Å². The molecule has 0 aliphatic heterocycles. The van der Waals surface area contributed by atoms with Crippen LogP contribution in [0, 0.1) is 0 Å². The van der Waals surface area contributed by atoms with Gasteiger partial charge in [-0.05, 0) is 37.5 Å². The molecule has 1 aromatic carbocycles. The molecule has 142 valence electrons. The van der Waals surface area contributed by atoms with Crippen molar-refractivity contribution >= 4 is 43.5 Å². The van der Waals surface area contributed by atoms with E-state index in [2.05, 4.69) is 27.8 Å². The summed E-state index contributed by atoms with van der Waals surface area (Å²) in [5, 5.41) is 0.566. The first kappa shape index (κ1) is 19.8. The number of benzene rings is 1. The standard InChI is InChI=1S/C20H21BrN2O3S/c1-4-10-26-20(25)12(3)23-11-22-18-17(19(23)24)16(15(5-2)27-18)13-6-8-14(21)9-7-13/h6-9,11-12H,4-5,10H2,1-3H3. The number of fused-ring (bicyclic) bond motifs is 1. The van der Waals surface area contributed by atoms with Crippen molar-refractivity contribution in [2.75, 3.05) is 6.61 Å². The fourth-order valence-electron chi connectivity index (χ4n) is 2.93. The van der Waals surface area contributed by atoms with Crippen LogP contribution >= 0.6 is 27.3 Å². The third kappa shape index (κ3) is 3.84. The van der Waals surface area contributed by atoms with Crippen molar-refractivity contribution in [3.63, 3.8) is 0 Å². The van der Waals surface area contributed by atoms with Gasteiger partial charge in [0.2, 0.25) is 0 Å². The summed E-state index contributed by atoms with van der Waals surface area (Å²) in [7, 11) is 0. The van der Waals surface area contributed by atoms with Gasteiger partial charge in [0, 0.05) is 14.9 Å². The number of nitrogens with zero attached hydrogens (tertiary/aromatic N) is 2. The molecule has 0 saturated carbocycles. The van der Waals surface area contributed by atoms with E-state index in [1.807, 2.05) is 31.2 Å². The minimum Gasteiger partial charge on any atom is -0.464 e. The first-order valence-corrected chi connectivity index (χ1v) is 10.5. The molecule has 2 aromatic heterocycles. The molecule has 3 rings (SSSR count). The van der Waals surface area contributed by atoms with Gasteiger partial charge in [-0.3, -0.25) is 9.36 Å². The van der Waals surface area contributed by atoms with Crippen LogP contribution in [0.2, 0.25) is 0 Å². The van der Waals surface area contributed by atoms with Gasteiger partial charge in [0.05, 0.1) is 18.3 Å². The molecule has 27 heavy (non-hydrogen) atoms. The Balaban J connectivity index is 2.17. The van der Waals surface area contributed by atoms with Crippen molar-refractivity contribution in [2.24, 2.45) is 0 Å². The molecule has 5 nitrogen and oxygen atoms in total. The van der Waals surface area contributed by atoms with Crippen LogP contribution in [-0.4, -0.2) is 22.1 Å². The van der Waals surface area contributed by atoms with E-state index in [1.165, 1.54) is 22.2 Å². The zero-order valence-corrected chi connectivity index (χ0v) is 17.9. The number of halogens is 1. The summed E-state index contributed by atoms with van der Waals surface area (Å²) >= 11 is 4.98. The van der Waals surface area contributed by atoms with Gasteiger partial charge in [-0.15, -0.1) is 11.3 Å². The van der Waals surface area contributed by atoms with Gasteiger partial charge in [0.1, 0.15) is 10.9 Å². The molecule has 0 saturated heterocycles. The molecule has 0 spiro atoms. The van der Waals surface area contributed by atoms with Crippen molar-refractivity contribution in [3.05, 3.63) is 50.3 Å². The van der Waals surface area contributed by atoms with E-state index in [0.29, 0.717) is 16.8 Å². The Morgan fingerprint density at radius 3 is 2.63 bits per heavy atom.